The summed E-state index contributed by atoms with van der Waals surface area (Å²) in [5.41, 5.74) is 6.04. The third-order valence-corrected chi connectivity index (χ3v) is 4.91. The minimum Gasteiger partial charge on any atom is -0.371 e. The lowest BCUT2D eigenvalue weighted by Gasteiger charge is -2.23. The average molecular weight is 229 g/mol. The molecule has 1 aliphatic heterocycles. The van der Waals surface area contributed by atoms with Gasteiger partial charge >= 0.3 is 0 Å². The Morgan fingerprint density at radius 1 is 1.40 bits per heavy atom. The molecule has 2 nitrogen and oxygen atoms in total. The zero-order valence-corrected chi connectivity index (χ0v) is 10.5. The zero-order valence-electron chi connectivity index (χ0n) is 9.71. The predicted molar refractivity (Wildman–Crippen MR) is 66.3 cm³/mol. The number of nitrogens with two attached hydrogens (primary N) is 1. The van der Waals surface area contributed by atoms with Crippen LogP contribution in [0.4, 0.5) is 0 Å². The summed E-state index contributed by atoms with van der Waals surface area (Å²) >= 11 is 1.95. The van der Waals surface area contributed by atoms with Crippen LogP contribution in [0.15, 0.2) is 0 Å². The molecule has 1 heterocycles. The Balaban J connectivity index is 1.68. The number of ether oxygens (including phenoxy) is 1. The van der Waals surface area contributed by atoms with Crippen LogP contribution in [-0.4, -0.2) is 29.3 Å². The highest BCUT2D eigenvalue weighted by Gasteiger charge is 2.41. The molecule has 2 N–H and O–H groups in total. The SMILES string of the molecule is CC(N)CSCC1CCC2(CCCC2)O1. The van der Waals surface area contributed by atoms with Crippen molar-refractivity contribution in [3.63, 3.8) is 0 Å². The van der Waals surface area contributed by atoms with E-state index >= 15 is 0 Å². The van der Waals surface area contributed by atoms with Crippen molar-refractivity contribution in [3.8, 4) is 0 Å². The molecule has 2 aliphatic rings. The van der Waals surface area contributed by atoms with E-state index in [0.29, 0.717) is 17.7 Å². The van der Waals surface area contributed by atoms with Crippen LogP contribution in [0.2, 0.25) is 0 Å². The molecule has 0 aromatic carbocycles. The van der Waals surface area contributed by atoms with E-state index in [-0.39, 0.29) is 0 Å². The van der Waals surface area contributed by atoms with Crippen LogP contribution in [0.25, 0.3) is 0 Å². The lowest BCUT2D eigenvalue weighted by molar-refractivity contribution is -0.0267. The molecule has 2 unspecified atom stereocenters. The van der Waals surface area contributed by atoms with Gasteiger partial charge in [0.2, 0.25) is 0 Å². The van der Waals surface area contributed by atoms with Crippen molar-refractivity contribution < 1.29 is 4.74 Å². The summed E-state index contributed by atoms with van der Waals surface area (Å²) in [6.45, 7) is 2.07. The predicted octanol–water partition coefficient (Wildman–Crippen LogP) is 2.56. The van der Waals surface area contributed by atoms with Crippen LogP contribution in [0.5, 0.6) is 0 Å². The molecule has 1 spiro atoms. The Morgan fingerprint density at radius 2 is 2.13 bits per heavy atom. The van der Waals surface area contributed by atoms with Gasteiger partial charge in [-0.05, 0) is 32.6 Å². The van der Waals surface area contributed by atoms with Gasteiger partial charge in [-0.25, -0.2) is 0 Å². The van der Waals surface area contributed by atoms with Crippen LogP contribution < -0.4 is 5.73 Å². The van der Waals surface area contributed by atoms with Crippen molar-refractivity contribution in [2.24, 2.45) is 5.73 Å². The Kier molecular flexibility index (Phi) is 3.97. The number of thioether (sulfide) groups is 1. The fourth-order valence-corrected chi connectivity index (χ4v) is 3.79. The quantitative estimate of drug-likeness (QED) is 0.804. The average Bonchev–Trinajstić information content (AvgIpc) is 2.78. The summed E-state index contributed by atoms with van der Waals surface area (Å²) in [6, 6.07) is 0.317. The van der Waals surface area contributed by atoms with Crippen LogP contribution in [0, 0.1) is 0 Å². The molecule has 0 aromatic rings. The van der Waals surface area contributed by atoms with Gasteiger partial charge in [-0.15, -0.1) is 0 Å². The Morgan fingerprint density at radius 3 is 2.80 bits per heavy atom. The van der Waals surface area contributed by atoms with E-state index in [1.807, 2.05) is 11.8 Å². The number of rotatable bonds is 4. The van der Waals surface area contributed by atoms with Gasteiger partial charge in [0.1, 0.15) is 0 Å². The lowest BCUT2D eigenvalue weighted by Crippen LogP contribution is -2.26. The van der Waals surface area contributed by atoms with E-state index in [0.717, 1.165) is 11.5 Å². The first-order chi connectivity index (χ1) is 7.20. The van der Waals surface area contributed by atoms with Gasteiger partial charge in [0.25, 0.3) is 0 Å². The summed E-state index contributed by atoms with van der Waals surface area (Å²) in [6.07, 6.45) is 8.44. The maximum absolute atomic E-state index is 6.23. The summed E-state index contributed by atoms with van der Waals surface area (Å²) < 4.78 is 6.23. The Labute approximate surface area is 97.3 Å². The van der Waals surface area contributed by atoms with E-state index in [2.05, 4.69) is 6.92 Å². The minimum absolute atomic E-state index is 0.305. The van der Waals surface area contributed by atoms with Crippen LogP contribution >= 0.6 is 11.8 Å². The molecule has 1 aliphatic carbocycles. The van der Waals surface area contributed by atoms with Crippen molar-refractivity contribution in [2.45, 2.75) is 63.2 Å². The fourth-order valence-electron chi connectivity index (χ4n) is 2.79. The molecule has 0 amide bonds. The smallest absolute Gasteiger partial charge is 0.0687 e. The Bertz CT molecular complexity index is 202. The van der Waals surface area contributed by atoms with Crippen LogP contribution in [-0.2, 0) is 4.74 Å². The van der Waals surface area contributed by atoms with Gasteiger partial charge in [0.15, 0.2) is 0 Å². The maximum Gasteiger partial charge on any atom is 0.0687 e. The summed E-state index contributed by atoms with van der Waals surface area (Å²) in [5, 5.41) is 0. The highest BCUT2D eigenvalue weighted by Crippen LogP contribution is 2.43. The zero-order chi connectivity index (χ0) is 10.7. The molecule has 0 radical (unpaired) electrons. The van der Waals surface area contributed by atoms with Gasteiger partial charge < -0.3 is 10.5 Å². The molecule has 0 bridgehead atoms. The minimum atomic E-state index is 0.305. The van der Waals surface area contributed by atoms with Crippen molar-refractivity contribution >= 4 is 11.8 Å². The molecule has 15 heavy (non-hydrogen) atoms. The second kappa shape index (κ2) is 5.07. The van der Waals surface area contributed by atoms with E-state index in [1.165, 1.54) is 38.5 Å². The largest absolute Gasteiger partial charge is 0.371 e. The van der Waals surface area contributed by atoms with E-state index in [9.17, 15) is 0 Å². The third-order valence-electron chi connectivity index (χ3n) is 3.54. The van der Waals surface area contributed by atoms with E-state index in [4.69, 9.17) is 10.5 Å². The second-order valence-corrected chi connectivity index (χ2v) is 6.26. The summed E-state index contributed by atoms with van der Waals surface area (Å²) in [4.78, 5) is 0. The van der Waals surface area contributed by atoms with Crippen LogP contribution in [0.1, 0.15) is 45.4 Å². The summed E-state index contributed by atoms with van der Waals surface area (Å²) in [5.74, 6) is 2.20. The van der Waals surface area contributed by atoms with Gasteiger partial charge in [-0.1, -0.05) is 12.8 Å². The molecule has 1 saturated heterocycles. The first-order valence-corrected chi connectivity index (χ1v) is 7.37. The fraction of sp³-hybridized carbons (Fsp3) is 1.00. The molecule has 3 heteroatoms. The molecule has 2 atom stereocenters. The van der Waals surface area contributed by atoms with Crippen LogP contribution in [0.3, 0.4) is 0 Å². The first kappa shape index (κ1) is 11.7. The van der Waals surface area contributed by atoms with E-state index in [1.54, 1.807) is 0 Å². The molecule has 0 aromatic heterocycles. The maximum atomic E-state index is 6.23. The molecule has 2 fully saturated rings. The lowest BCUT2D eigenvalue weighted by atomic mass is 9.98. The standard InChI is InChI=1S/C12H23NOS/c1-10(13)8-15-9-11-4-7-12(14-11)5-2-3-6-12/h10-11H,2-9,13H2,1H3. The first-order valence-electron chi connectivity index (χ1n) is 6.21. The topological polar surface area (TPSA) is 35.2 Å². The van der Waals surface area contributed by atoms with Crippen molar-refractivity contribution in [1.82, 2.24) is 0 Å². The molecule has 2 rings (SSSR count). The molecular formula is C12H23NOS. The highest BCUT2D eigenvalue weighted by molar-refractivity contribution is 7.99. The number of hydrogen-bond donors (Lipinski definition) is 1. The van der Waals surface area contributed by atoms with Gasteiger partial charge in [-0.2, -0.15) is 11.8 Å². The monoisotopic (exact) mass is 229 g/mol. The number of hydrogen-bond acceptors (Lipinski definition) is 3. The summed E-state index contributed by atoms with van der Waals surface area (Å²) in [7, 11) is 0. The van der Waals surface area contributed by atoms with Crippen molar-refractivity contribution in [2.75, 3.05) is 11.5 Å². The van der Waals surface area contributed by atoms with Gasteiger partial charge in [0.05, 0.1) is 11.7 Å². The normalized spacial score (nSPS) is 31.2. The molecule has 1 saturated carbocycles. The van der Waals surface area contributed by atoms with Crippen molar-refractivity contribution in [3.05, 3.63) is 0 Å². The third kappa shape index (κ3) is 3.11. The highest BCUT2D eigenvalue weighted by atomic mass is 32.2. The molecular weight excluding hydrogens is 206 g/mol. The van der Waals surface area contributed by atoms with E-state index < -0.39 is 0 Å². The van der Waals surface area contributed by atoms with Gasteiger partial charge in [0, 0.05) is 17.5 Å². The molecule has 88 valence electrons. The van der Waals surface area contributed by atoms with Gasteiger partial charge in [-0.3, -0.25) is 0 Å². The Hall–Kier alpha value is 0.270. The second-order valence-electron chi connectivity index (χ2n) is 5.18. The van der Waals surface area contributed by atoms with Crippen molar-refractivity contribution in [1.29, 1.82) is 0 Å².